The van der Waals surface area contributed by atoms with Crippen LogP contribution in [0.5, 0.6) is 0 Å². The maximum absolute atomic E-state index is 12.5. The van der Waals surface area contributed by atoms with Crippen molar-refractivity contribution in [3.8, 4) is 0 Å². The molecular weight excluding hydrogens is 192 g/mol. The predicted octanol–water partition coefficient (Wildman–Crippen LogP) is 1.71. The van der Waals surface area contributed by atoms with Crippen molar-refractivity contribution in [2.24, 2.45) is 0 Å². The van der Waals surface area contributed by atoms with Gasteiger partial charge in [0.1, 0.15) is 5.56 Å². The molecule has 1 aromatic rings. The van der Waals surface area contributed by atoms with Gasteiger partial charge in [-0.1, -0.05) is 11.6 Å². The van der Waals surface area contributed by atoms with Crippen molar-refractivity contribution in [3.63, 3.8) is 0 Å². The standard InChI is InChI=1S/C6H2ClF2NO2/c7-4-3(8)1-2(6(11)12)5(9)10-4/h1H,(H,11,12). The third kappa shape index (κ3) is 1.50. The summed E-state index contributed by atoms with van der Waals surface area (Å²) in [6.07, 6.45) is 0. The molecule has 0 bridgehead atoms. The predicted molar refractivity (Wildman–Crippen MR) is 36.1 cm³/mol. The first-order chi connectivity index (χ1) is 5.52. The molecule has 0 fully saturated rings. The molecule has 0 aliphatic heterocycles. The Kier molecular flexibility index (Phi) is 2.23. The number of halogens is 3. The van der Waals surface area contributed by atoms with Crippen LogP contribution in [0.4, 0.5) is 8.78 Å². The molecule has 64 valence electrons. The van der Waals surface area contributed by atoms with E-state index in [1.807, 2.05) is 0 Å². The summed E-state index contributed by atoms with van der Waals surface area (Å²) in [7, 11) is 0. The number of carbonyl (C=O) groups is 1. The van der Waals surface area contributed by atoms with E-state index in [4.69, 9.17) is 16.7 Å². The highest BCUT2D eigenvalue weighted by Gasteiger charge is 2.15. The molecule has 3 nitrogen and oxygen atoms in total. The Hall–Kier alpha value is -1.23. The summed E-state index contributed by atoms with van der Waals surface area (Å²) >= 11 is 5.07. The quantitative estimate of drug-likeness (QED) is 0.691. The van der Waals surface area contributed by atoms with Crippen molar-refractivity contribution < 1.29 is 18.7 Å². The molecule has 0 radical (unpaired) electrons. The fourth-order valence-corrected chi connectivity index (χ4v) is 0.724. The van der Waals surface area contributed by atoms with Gasteiger partial charge < -0.3 is 5.11 Å². The molecule has 1 rings (SSSR count). The number of carboxylic acids is 1. The SMILES string of the molecule is O=C(O)c1cc(F)c(Cl)nc1F. The van der Waals surface area contributed by atoms with Crippen LogP contribution in [-0.4, -0.2) is 16.1 Å². The van der Waals surface area contributed by atoms with Crippen LogP contribution in [-0.2, 0) is 0 Å². The summed E-state index contributed by atoms with van der Waals surface area (Å²) in [6.45, 7) is 0. The summed E-state index contributed by atoms with van der Waals surface area (Å²) in [5, 5.41) is 7.61. The zero-order chi connectivity index (χ0) is 9.30. The van der Waals surface area contributed by atoms with Gasteiger partial charge in [0, 0.05) is 0 Å². The Morgan fingerprint density at radius 2 is 2.17 bits per heavy atom. The Bertz CT molecular complexity index is 343. The van der Waals surface area contributed by atoms with E-state index in [9.17, 15) is 13.6 Å². The summed E-state index contributed by atoms with van der Waals surface area (Å²) < 4.78 is 25.0. The molecule has 0 saturated heterocycles. The Morgan fingerprint density at radius 3 is 2.67 bits per heavy atom. The second kappa shape index (κ2) is 3.02. The molecule has 0 unspecified atom stereocenters. The lowest BCUT2D eigenvalue weighted by Crippen LogP contribution is -2.04. The number of aromatic nitrogens is 1. The van der Waals surface area contributed by atoms with E-state index in [0.717, 1.165) is 0 Å². The maximum Gasteiger partial charge on any atom is 0.340 e. The van der Waals surface area contributed by atoms with Crippen molar-refractivity contribution >= 4 is 17.6 Å². The Balaban J connectivity index is 3.33. The fourth-order valence-electron chi connectivity index (χ4n) is 0.596. The van der Waals surface area contributed by atoms with Gasteiger partial charge in [-0.2, -0.15) is 4.39 Å². The maximum atomic E-state index is 12.5. The molecule has 1 heterocycles. The van der Waals surface area contributed by atoms with E-state index in [1.54, 1.807) is 0 Å². The van der Waals surface area contributed by atoms with Gasteiger partial charge in [-0.25, -0.2) is 14.2 Å². The largest absolute Gasteiger partial charge is 0.478 e. The number of hydrogen-bond acceptors (Lipinski definition) is 2. The topological polar surface area (TPSA) is 50.2 Å². The Morgan fingerprint density at radius 1 is 1.58 bits per heavy atom. The third-order valence-electron chi connectivity index (χ3n) is 1.12. The van der Waals surface area contributed by atoms with E-state index in [1.165, 1.54) is 0 Å². The normalized spacial score (nSPS) is 9.92. The van der Waals surface area contributed by atoms with Gasteiger partial charge in [0.05, 0.1) is 0 Å². The third-order valence-corrected chi connectivity index (χ3v) is 1.38. The molecule has 12 heavy (non-hydrogen) atoms. The minimum atomic E-state index is -1.59. The van der Waals surface area contributed by atoms with Gasteiger partial charge >= 0.3 is 5.97 Å². The first kappa shape index (κ1) is 8.86. The van der Waals surface area contributed by atoms with E-state index in [-0.39, 0.29) is 0 Å². The van der Waals surface area contributed by atoms with Gasteiger partial charge in [0.15, 0.2) is 11.0 Å². The van der Waals surface area contributed by atoms with E-state index in [2.05, 4.69) is 4.98 Å². The first-order valence-electron chi connectivity index (χ1n) is 2.77. The molecule has 0 amide bonds. The summed E-state index contributed by atoms with van der Waals surface area (Å²) in [4.78, 5) is 13.0. The minimum absolute atomic E-state index is 0.479. The van der Waals surface area contributed by atoms with Crippen molar-refractivity contribution in [1.29, 1.82) is 0 Å². The summed E-state index contributed by atoms with van der Waals surface area (Å²) in [5.74, 6) is -3.94. The molecular formula is C6H2ClF2NO2. The van der Waals surface area contributed by atoms with Crippen molar-refractivity contribution in [2.75, 3.05) is 0 Å². The lowest BCUT2D eigenvalue weighted by Gasteiger charge is -1.97. The number of hydrogen-bond donors (Lipinski definition) is 1. The van der Waals surface area contributed by atoms with E-state index >= 15 is 0 Å². The first-order valence-corrected chi connectivity index (χ1v) is 3.15. The van der Waals surface area contributed by atoms with Crippen LogP contribution in [0.1, 0.15) is 10.4 Å². The zero-order valence-corrected chi connectivity index (χ0v) is 6.27. The van der Waals surface area contributed by atoms with E-state index < -0.39 is 28.5 Å². The van der Waals surface area contributed by atoms with Crippen LogP contribution >= 0.6 is 11.6 Å². The van der Waals surface area contributed by atoms with Crippen LogP contribution in [0.15, 0.2) is 6.07 Å². The highest BCUT2D eigenvalue weighted by molar-refractivity contribution is 6.29. The van der Waals surface area contributed by atoms with Crippen LogP contribution in [0.2, 0.25) is 5.15 Å². The number of rotatable bonds is 1. The number of nitrogens with zero attached hydrogens (tertiary/aromatic N) is 1. The molecule has 1 N–H and O–H groups in total. The highest BCUT2D eigenvalue weighted by atomic mass is 35.5. The second-order valence-electron chi connectivity index (χ2n) is 1.90. The number of carboxylic acid groups (broad SMARTS) is 1. The lowest BCUT2D eigenvalue weighted by molar-refractivity contribution is 0.0690. The zero-order valence-electron chi connectivity index (χ0n) is 5.51. The average Bonchev–Trinajstić information content (AvgIpc) is 1.96. The van der Waals surface area contributed by atoms with Gasteiger partial charge in [0.25, 0.3) is 0 Å². The fraction of sp³-hybridized carbons (Fsp3) is 0. The Labute approximate surface area is 70.6 Å². The monoisotopic (exact) mass is 193 g/mol. The van der Waals surface area contributed by atoms with Crippen LogP contribution in [0, 0.1) is 11.8 Å². The smallest absolute Gasteiger partial charge is 0.340 e. The summed E-state index contributed by atoms with van der Waals surface area (Å²) in [5.41, 5.74) is -0.836. The molecule has 0 aromatic carbocycles. The van der Waals surface area contributed by atoms with Crippen molar-refractivity contribution in [1.82, 2.24) is 4.98 Å². The van der Waals surface area contributed by atoms with Gasteiger partial charge in [0.2, 0.25) is 5.95 Å². The van der Waals surface area contributed by atoms with Crippen molar-refractivity contribution in [3.05, 3.63) is 28.5 Å². The van der Waals surface area contributed by atoms with Gasteiger partial charge in [-0.3, -0.25) is 0 Å². The lowest BCUT2D eigenvalue weighted by atomic mass is 10.3. The number of aromatic carboxylic acids is 1. The molecule has 0 saturated carbocycles. The summed E-state index contributed by atoms with van der Waals surface area (Å²) in [6, 6.07) is 0.479. The molecule has 1 aromatic heterocycles. The molecule has 0 aliphatic rings. The average molecular weight is 194 g/mol. The van der Waals surface area contributed by atoms with Crippen molar-refractivity contribution in [2.45, 2.75) is 0 Å². The highest BCUT2D eigenvalue weighted by Crippen LogP contribution is 2.14. The molecule has 0 aliphatic carbocycles. The van der Waals surface area contributed by atoms with E-state index in [0.29, 0.717) is 6.07 Å². The molecule has 6 heteroatoms. The van der Waals surface area contributed by atoms with Gasteiger partial charge in [-0.15, -0.1) is 0 Å². The van der Waals surface area contributed by atoms with Gasteiger partial charge in [-0.05, 0) is 6.07 Å². The molecule has 0 atom stereocenters. The molecule has 0 spiro atoms. The van der Waals surface area contributed by atoms with Crippen LogP contribution in [0.25, 0.3) is 0 Å². The van der Waals surface area contributed by atoms with Crippen LogP contribution < -0.4 is 0 Å². The van der Waals surface area contributed by atoms with Crippen LogP contribution in [0.3, 0.4) is 0 Å². The minimum Gasteiger partial charge on any atom is -0.478 e. The second-order valence-corrected chi connectivity index (χ2v) is 2.26. The number of pyridine rings is 1.